The van der Waals surface area contributed by atoms with E-state index in [2.05, 4.69) is 62.7 Å². The number of nitrogens with zero attached hydrogens (tertiary/aromatic N) is 3. The van der Waals surface area contributed by atoms with Crippen LogP contribution in [0.5, 0.6) is 0 Å². The number of para-hydroxylation sites is 1. The molecule has 25 heavy (non-hydrogen) atoms. The minimum absolute atomic E-state index is 0.883. The molecule has 3 heterocycles. The summed E-state index contributed by atoms with van der Waals surface area (Å²) < 4.78 is 3.07. The summed E-state index contributed by atoms with van der Waals surface area (Å²) in [6.45, 7) is 4.22. The summed E-state index contributed by atoms with van der Waals surface area (Å²) in [6, 6.07) is 14.2. The molecule has 4 aromatic rings. The van der Waals surface area contributed by atoms with Crippen LogP contribution in [0.15, 0.2) is 65.5 Å². The molecular weight excluding hydrogens is 376 g/mol. The van der Waals surface area contributed by atoms with Crippen LogP contribution in [0.25, 0.3) is 16.9 Å². The van der Waals surface area contributed by atoms with E-state index in [4.69, 9.17) is 4.98 Å². The van der Waals surface area contributed by atoms with E-state index in [1.807, 2.05) is 36.7 Å². The average Bonchev–Trinajstić information content (AvgIpc) is 2.97. The molecule has 0 fully saturated rings. The van der Waals surface area contributed by atoms with Crippen molar-refractivity contribution < 1.29 is 0 Å². The maximum absolute atomic E-state index is 4.82. The molecule has 0 unspecified atom stereocenters. The first-order chi connectivity index (χ1) is 12.1. The standard InChI is InChI=1S/C20H17BrN4/c1-13-5-3-6-14(2)18(13)24-20-19(15-7-4-10-22-11-15)23-17-9-8-16(21)12-25(17)20/h3-12,24H,1-2H3. The van der Waals surface area contributed by atoms with Crippen molar-refractivity contribution in [2.24, 2.45) is 0 Å². The van der Waals surface area contributed by atoms with E-state index in [1.165, 1.54) is 11.1 Å². The molecule has 0 aliphatic heterocycles. The van der Waals surface area contributed by atoms with E-state index >= 15 is 0 Å². The van der Waals surface area contributed by atoms with Gasteiger partial charge in [0.05, 0.1) is 0 Å². The number of anilines is 2. The van der Waals surface area contributed by atoms with Crippen LogP contribution in [0.4, 0.5) is 11.5 Å². The lowest BCUT2D eigenvalue weighted by Gasteiger charge is -2.14. The van der Waals surface area contributed by atoms with E-state index in [0.29, 0.717) is 0 Å². The maximum Gasteiger partial charge on any atom is 0.143 e. The Morgan fingerprint density at radius 3 is 2.52 bits per heavy atom. The Hall–Kier alpha value is -2.66. The molecule has 4 nitrogen and oxygen atoms in total. The highest BCUT2D eigenvalue weighted by Gasteiger charge is 2.16. The number of hydrogen-bond acceptors (Lipinski definition) is 3. The van der Waals surface area contributed by atoms with Gasteiger partial charge in [-0.1, -0.05) is 18.2 Å². The van der Waals surface area contributed by atoms with E-state index in [-0.39, 0.29) is 0 Å². The van der Waals surface area contributed by atoms with Crippen LogP contribution in [0.3, 0.4) is 0 Å². The van der Waals surface area contributed by atoms with Gasteiger partial charge in [0.15, 0.2) is 0 Å². The van der Waals surface area contributed by atoms with Crippen molar-refractivity contribution in [1.82, 2.24) is 14.4 Å². The Labute approximate surface area is 154 Å². The van der Waals surface area contributed by atoms with Crippen molar-refractivity contribution in [2.45, 2.75) is 13.8 Å². The summed E-state index contributed by atoms with van der Waals surface area (Å²) >= 11 is 3.56. The van der Waals surface area contributed by atoms with Crippen molar-refractivity contribution in [2.75, 3.05) is 5.32 Å². The Balaban J connectivity index is 1.96. The molecule has 5 heteroatoms. The summed E-state index contributed by atoms with van der Waals surface area (Å²) in [6.07, 6.45) is 5.64. The van der Waals surface area contributed by atoms with Crippen molar-refractivity contribution in [3.63, 3.8) is 0 Å². The largest absolute Gasteiger partial charge is 0.339 e. The van der Waals surface area contributed by atoms with Gasteiger partial charge in [0.2, 0.25) is 0 Å². The summed E-state index contributed by atoms with van der Waals surface area (Å²) in [5.41, 5.74) is 6.25. The molecule has 124 valence electrons. The zero-order valence-corrected chi connectivity index (χ0v) is 15.6. The van der Waals surface area contributed by atoms with Gasteiger partial charge in [-0.05, 0) is 65.2 Å². The quantitative estimate of drug-likeness (QED) is 0.499. The third-order valence-electron chi connectivity index (χ3n) is 4.24. The third kappa shape index (κ3) is 2.91. The van der Waals surface area contributed by atoms with Crippen molar-refractivity contribution in [3.05, 3.63) is 76.7 Å². The number of hydrogen-bond donors (Lipinski definition) is 1. The molecule has 3 aromatic heterocycles. The average molecular weight is 393 g/mol. The molecule has 1 N–H and O–H groups in total. The highest BCUT2D eigenvalue weighted by Crippen LogP contribution is 2.33. The lowest BCUT2D eigenvalue weighted by molar-refractivity contribution is 1.17. The van der Waals surface area contributed by atoms with Gasteiger partial charge in [0.25, 0.3) is 0 Å². The summed E-state index contributed by atoms with van der Waals surface area (Å²) in [5, 5.41) is 3.61. The van der Waals surface area contributed by atoms with E-state index in [0.717, 1.165) is 32.9 Å². The second-order valence-electron chi connectivity index (χ2n) is 6.02. The molecule has 0 amide bonds. The van der Waals surface area contributed by atoms with Crippen molar-refractivity contribution in [1.29, 1.82) is 0 Å². The number of halogens is 1. The number of rotatable bonds is 3. The van der Waals surface area contributed by atoms with Gasteiger partial charge in [0, 0.05) is 34.3 Å². The third-order valence-corrected chi connectivity index (χ3v) is 4.71. The first kappa shape index (κ1) is 15.8. The van der Waals surface area contributed by atoms with Crippen molar-refractivity contribution in [3.8, 4) is 11.3 Å². The smallest absolute Gasteiger partial charge is 0.143 e. The van der Waals surface area contributed by atoms with Gasteiger partial charge in [-0.3, -0.25) is 9.38 Å². The fourth-order valence-corrected chi connectivity index (χ4v) is 3.31. The second-order valence-corrected chi connectivity index (χ2v) is 6.93. The monoisotopic (exact) mass is 392 g/mol. The zero-order valence-electron chi connectivity index (χ0n) is 14.0. The Kier molecular flexibility index (Phi) is 4.01. The Morgan fingerprint density at radius 1 is 1.00 bits per heavy atom. The van der Waals surface area contributed by atoms with Gasteiger partial charge in [-0.25, -0.2) is 4.98 Å². The van der Waals surface area contributed by atoms with Crippen LogP contribution in [-0.2, 0) is 0 Å². The molecule has 0 aliphatic rings. The highest BCUT2D eigenvalue weighted by atomic mass is 79.9. The van der Waals surface area contributed by atoms with Gasteiger partial charge >= 0.3 is 0 Å². The zero-order chi connectivity index (χ0) is 17.4. The van der Waals surface area contributed by atoms with Crippen LogP contribution < -0.4 is 5.32 Å². The Bertz CT molecular complexity index is 1030. The number of aryl methyl sites for hydroxylation is 2. The molecule has 0 saturated heterocycles. The van der Waals surface area contributed by atoms with Gasteiger partial charge in [-0.15, -0.1) is 0 Å². The second kappa shape index (κ2) is 6.33. The number of fused-ring (bicyclic) bond motifs is 1. The number of aromatic nitrogens is 3. The fraction of sp³-hybridized carbons (Fsp3) is 0.100. The Morgan fingerprint density at radius 2 is 1.80 bits per heavy atom. The number of benzene rings is 1. The van der Waals surface area contributed by atoms with E-state index in [9.17, 15) is 0 Å². The normalized spacial score (nSPS) is 11.0. The number of imidazole rings is 1. The van der Waals surface area contributed by atoms with Crippen LogP contribution in [0, 0.1) is 13.8 Å². The van der Waals surface area contributed by atoms with Gasteiger partial charge in [0.1, 0.15) is 17.2 Å². The first-order valence-electron chi connectivity index (χ1n) is 8.05. The minimum Gasteiger partial charge on any atom is -0.339 e. The van der Waals surface area contributed by atoms with Crippen LogP contribution in [0.1, 0.15) is 11.1 Å². The maximum atomic E-state index is 4.82. The first-order valence-corrected chi connectivity index (χ1v) is 8.84. The van der Waals surface area contributed by atoms with Crippen LogP contribution in [0.2, 0.25) is 0 Å². The van der Waals surface area contributed by atoms with Gasteiger partial charge < -0.3 is 5.32 Å². The van der Waals surface area contributed by atoms with Gasteiger partial charge in [-0.2, -0.15) is 0 Å². The molecule has 0 atom stereocenters. The van der Waals surface area contributed by atoms with Crippen LogP contribution in [-0.4, -0.2) is 14.4 Å². The molecule has 0 spiro atoms. The molecular formula is C20H17BrN4. The molecule has 0 radical (unpaired) electrons. The number of pyridine rings is 2. The molecule has 0 aliphatic carbocycles. The molecule has 0 bridgehead atoms. The molecule has 0 saturated carbocycles. The van der Waals surface area contributed by atoms with E-state index in [1.54, 1.807) is 6.20 Å². The lowest BCUT2D eigenvalue weighted by atomic mass is 10.1. The van der Waals surface area contributed by atoms with Crippen molar-refractivity contribution >= 4 is 33.1 Å². The summed E-state index contributed by atoms with van der Waals surface area (Å²) in [7, 11) is 0. The highest BCUT2D eigenvalue weighted by molar-refractivity contribution is 9.10. The minimum atomic E-state index is 0.883. The predicted octanol–water partition coefficient (Wildman–Crippen LogP) is 5.52. The molecule has 1 aromatic carbocycles. The van der Waals surface area contributed by atoms with Crippen LogP contribution >= 0.6 is 15.9 Å². The SMILES string of the molecule is Cc1cccc(C)c1Nc1c(-c2cccnc2)nc2ccc(Br)cn12. The molecule has 4 rings (SSSR count). The number of nitrogens with one attached hydrogen (secondary N) is 1. The summed E-state index contributed by atoms with van der Waals surface area (Å²) in [5.74, 6) is 0.932. The fourth-order valence-electron chi connectivity index (χ4n) is 2.97. The van der Waals surface area contributed by atoms with E-state index < -0.39 is 0 Å². The topological polar surface area (TPSA) is 42.2 Å². The predicted molar refractivity (Wildman–Crippen MR) is 105 cm³/mol. The lowest BCUT2D eigenvalue weighted by Crippen LogP contribution is -2.00. The summed E-state index contributed by atoms with van der Waals surface area (Å²) in [4.78, 5) is 9.06.